The molecule has 2 heteroatoms. The van der Waals surface area contributed by atoms with Gasteiger partial charge in [0.1, 0.15) is 0 Å². The van der Waals surface area contributed by atoms with E-state index in [1.807, 2.05) is 0 Å². The lowest BCUT2D eigenvalue weighted by Crippen LogP contribution is -2.32. The number of benzene rings is 3. The molecule has 0 N–H and O–H groups in total. The van der Waals surface area contributed by atoms with E-state index >= 15 is 0 Å². The third kappa shape index (κ3) is 2.61. The van der Waals surface area contributed by atoms with Crippen molar-refractivity contribution < 1.29 is 4.58 Å². The highest BCUT2D eigenvalue weighted by Crippen LogP contribution is 2.32. The number of fused-ring (bicyclic) bond motifs is 1. The Kier molecular flexibility index (Phi) is 3.66. The first-order chi connectivity index (χ1) is 11.7. The van der Waals surface area contributed by atoms with Crippen LogP contribution in [0.25, 0.3) is 0 Å². The first-order valence-electron chi connectivity index (χ1n) is 8.33. The van der Waals surface area contributed by atoms with Gasteiger partial charge in [-0.05, 0) is 43.7 Å². The van der Waals surface area contributed by atoms with E-state index in [-0.39, 0.29) is 0 Å². The van der Waals surface area contributed by atoms with Crippen LogP contribution in [0.1, 0.15) is 16.7 Å². The molecule has 0 radical (unpaired) electrons. The van der Waals surface area contributed by atoms with Crippen molar-refractivity contribution in [1.82, 2.24) is 0 Å². The van der Waals surface area contributed by atoms with Gasteiger partial charge in [-0.25, -0.2) is 0 Å². The first kappa shape index (κ1) is 14.7. The molecule has 2 nitrogen and oxygen atoms in total. The summed E-state index contributed by atoms with van der Waals surface area (Å²) in [7, 11) is 0. The van der Waals surface area contributed by atoms with Crippen LogP contribution >= 0.6 is 0 Å². The van der Waals surface area contributed by atoms with Crippen molar-refractivity contribution in [3.8, 4) is 0 Å². The van der Waals surface area contributed by atoms with Crippen molar-refractivity contribution in [2.45, 2.75) is 13.8 Å². The van der Waals surface area contributed by atoms with Crippen LogP contribution in [0.3, 0.4) is 0 Å². The number of hydrogen-bond acceptors (Lipinski definition) is 1. The van der Waals surface area contributed by atoms with Crippen LogP contribution in [-0.4, -0.2) is 17.5 Å². The fourth-order valence-corrected chi connectivity index (χ4v) is 3.28. The molecule has 4 rings (SSSR count). The van der Waals surface area contributed by atoms with Gasteiger partial charge in [-0.15, -0.1) is 0 Å². The number of nitrogens with zero attached hydrogens (tertiary/aromatic N) is 2. The molecule has 3 aromatic rings. The quantitative estimate of drug-likeness (QED) is 0.591. The molecule has 0 bridgehead atoms. The lowest BCUT2D eigenvalue weighted by Gasteiger charge is -2.27. The number of hydrogen-bond donors (Lipinski definition) is 0. The zero-order valence-corrected chi connectivity index (χ0v) is 14.1. The molecule has 24 heavy (non-hydrogen) atoms. The maximum atomic E-state index is 2.37. The zero-order valence-electron chi connectivity index (χ0n) is 14.1. The minimum Gasteiger partial charge on any atom is -0.285 e. The average Bonchev–Trinajstić information content (AvgIpc) is 2.63. The normalized spacial score (nSPS) is 13.4. The molecule has 118 valence electrons. The van der Waals surface area contributed by atoms with Gasteiger partial charge in [0.2, 0.25) is 12.4 Å². The van der Waals surface area contributed by atoms with Crippen LogP contribution in [0, 0.1) is 13.8 Å². The second kappa shape index (κ2) is 5.97. The summed E-state index contributed by atoms with van der Waals surface area (Å²) >= 11 is 0. The molecule has 0 aromatic heterocycles. The van der Waals surface area contributed by atoms with Gasteiger partial charge in [-0.3, -0.25) is 4.90 Å². The maximum absolute atomic E-state index is 2.37. The van der Waals surface area contributed by atoms with Gasteiger partial charge >= 0.3 is 0 Å². The summed E-state index contributed by atoms with van der Waals surface area (Å²) in [6.07, 6.45) is 2.26. The molecule has 0 atom stereocenters. The molecule has 1 aliphatic rings. The summed E-state index contributed by atoms with van der Waals surface area (Å²) in [5.74, 6) is 0. The highest BCUT2D eigenvalue weighted by Gasteiger charge is 2.26. The Hall–Kier alpha value is -2.87. The zero-order chi connectivity index (χ0) is 16.5. The Balaban J connectivity index is 1.86. The number of para-hydroxylation sites is 2. The molecule has 0 fully saturated rings. The lowest BCUT2D eigenvalue weighted by atomic mass is 10.1. The molecule has 0 aliphatic carbocycles. The molecule has 0 saturated carbocycles. The molecule has 0 saturated heterocycles. The maximum Gasteiger partial charge on any atom is 0.228 e. The molecule has 1 heterocycles. The van der Waals surface area contributed by atoms with E-state index in [4.69, 9.17) is 0 Å². The van der Waals surface area contributed by atoms with Gasteiger partial charge in [0.25, 0.3) is 0 Å². The Bertz CT molecular complexity index is 910. The monoisotopic (exact) mass is 313 g/mol. The van der Waals surface area contributed by atoms with E-state index < -0.39 is 0 Å². The standard InChI is InChI=1S/C22H21N2/c1-17-12-13-18(2)22(14-17)23-15-19-8-6-7-11-21(19)24(16-23)20-9-4-3-5-10-20/h3-15H,16H2,1-2H3/q+1. The predicted molar refractivity (Wildman–Crippen MR) is 101 cm³/mol. The van der Waals surface area contributed by atoms with Crippen LogP contribution in [0.15, 0.2) is 72.8 Å². The van der Waals surface area contributed by atoms with E-state index in [1.54, 1.807) is 0 Å². The Morgan fingerprint density at radius 2 is 1.58 bits per heavy atom. The van der Waals surface area contributed by atoms with Gasteiger partial charge in [-0.1, -0.05) is 42.5 Å². The fraction of sp³-hybridized carbons (Fsp3) is 0.136. The van der Waals surface area contributed by atoms with Crippen LogP contribution in [0.2, 0.25) is 0 Å². The van der Waals surface area contributed by atoms with Gasteiger partial charge in [-0.2, -0.15) is 4.58 Å². The van der Waals surface area contributed by atoms with Crippen molar-refractivity contribution in [2.24, 2.45) is 0 Å². The van der Waals surface area contributed by atoms with Gasteiger partial charge in [0.05, 0.1) is 11.3 Å². The summed E-state index contributed by atoms with van der Waals surface area (Å²) in [5.41, 5.74) is 7.57. The summed E-state index contributed by atoms with van der Waals surface area (Å²) in [5, 5.41) is 0. The fourth-order valence-electron chi connectivity index (χ4n) is 3.28. The molecule has 0 unspecified atom stereocenters. The van der Waals surface area contributed by atoms with Crippen molar-refractivity contribution >= 4 is 23.3 Å². The predicted octanol–water partition coefficient (Wildman–Crippen LogP) is 5.18. The average molecular weight is 313 g/mol. The van der Waals surface area contributed by atoms with Crippen molar-refractivity contribution in [2.75, 3.05) is 11.6 Å². The second-order valence-electron chi connectivity index (χ2n) is 6.35. The molecular weight excluding hydrogens is 292 g/mol. The number of aryl methyl sites for hydroxylation is 2. The number of anilines is 2. The van der Waals surface area contributed by atoms with E-state index in [1.165, 1.54) is 33.8 Å². The van der Waals surface area contributed by atoms with Crippen LogP contribution in [0.5, 0.6) is 0 Å². The van der Waals surface area contributed by atoms with Crippen molar-refractivity contribution in [1.29, 1.82) is 0 Å². The minimum absolute atomic E-state index is 0.811. The van der Waals surface area contributed by atoms with E-state index in [2.05, 4.69) is 102 Å². The molecule has 0 amide bonds. The van der Waals surface area contributed by atoms with Gasteiger partial charge < -0.3 is 0 Å². The first-order valence-corrected chi connectivity index (χ1v) is 8.33. The van der Waals surface area contributed by atoms with Crippen molar-refractivity contribution in [3.05, 3.63) is 89.5 Å². The SMILES string of the molecule is Cc1ccc(C)c([N+]2=Cc3ccccc3N(c3ccccc3)C2)c1. The summed E-state index contributed by atoms with van der Waals surface area (Å²) < 4.78 is 2.34. The van der Waals surface area contributed by atoms with E-state index in [0.29, 0.717) is 0 Å². The number of rotatable bonds is 2. The third-order valence-electron chi connectivity index (χ3n) is 4.56. The largest absolute Gasteiger partial charge is 0.285 e. The van der Waals surface area contributed by atoms with E-state index in [9.17, 15) is 0 Å². The smallest absolute Gasteiger partial charge is 0.228 e. The minimum atomic E-state index is 0.811. The summed E-state index contributed by atoms with van der Waals surface area (Å²) in [6, 6.07) is 25.8. The summed E-state index contributed by atoms with van der Waals surface area (Å²) in [6.45, 7) is 5.14. The Morgan fingerprint density at radius 1 is 0.833 bits per heavy atom. The van der Waals surface area contributed by atoms with Crippen LogP contribution in [-0.2, 0) is 0 Å². The molecule has 3 aromatic carbocycles. The topological polar surface area (TPSA) is 6.25 Å². The summed E-state index contributed by atoms with van der Waals surface area (Å²) in [4.78, 5) is 2.37. The lowest BCUT2D eigenvalue weighted by molar-refractivity contribution is -0.434. The highest BCUT2D eigenvalue weighted by molar-refractivity contribution is 5.89. The second-order valence-corrected chi connectivity index (χ2v) is 6.35. The van der Waals surface area contributed by atoms with Gasteiger partial charge in [0.15, 0.2) is 6.21 Å². The Labute approximate surface area is 143 Å². The third-order valence-corrected chi connectivity index (χ3v) is 4.56. The molecular formula is C22H21N2+. The van der Waals surface area contributed by atoms with E-state index in [0.717, 1.165) is 6.67 Å². The molecule has 1 aliphatic heterocycles. The molecule has 0 spiro atoms. The highest BCUT2D eigenvalue weighted by atomic mass is 15.3. The van der Waals surface area contributed by atoms with Crippen molar-refractivity contribution in [3.63, 3.8) is 0 Å². The van der Waals surface area contributed by atoms with Gasteiger partial charge in [0, 0.05) is 17.3 Å². The van der Waals surface area contributed by atoms with Crippen LogP contribution < -0.4 is 4.90 Å². The Morgan fingerprint density at radius 3 is 2.42 bits per heavy atom. The van der Waals surface area contributed by atoms with Crippen LogP contribution in [0.4, 0.5) is 17.1 Å².